The van der Waals surface area contributed by atoms with Gasteiger partial charge in [-0.15, -0.1) is 0 Å². The molecule has 0 aliphatic carbocycles. The Bertz CT molecular complexity index is 176. The Balaban J connectivity index is 3.44. The number of guanidine groups is 1. The second kappa shape index (κ2) is 5.36. The molecule has 0 aliphatic rings. The lowest BCUT2D eigenvalue weighted by Gasteiger charge is -2.03. The van der Waals surface area contributed by atoms with Crippen molar-refractivity contribution in [3.63, 3.8) is 0 Å². The number of nitrogens with zero attached hydrogens (tertiary/aromatic N) is 1. The van der Waals surface area contributed by atoms with Crippen LogP contribution in [0.3, 0.4) is 0 Å². The molecule has 0 aromatic rings. The second-order valence-electron chi connectivity index (χ2n) is 2.39. The van der Waals surface area contributed by atoms with Crippen molar-refractivity contribution in [2.24, 2.45) is 22.2 Å². The summed E-state index contributed by atoms with van der Waals surface area (Å²) in [5.74, 6) is -0.987. The van der Waals surface area contributed by atoms with Crippen molar-refractivity contribution in [2.75, 3.05) is 6.54 Å². The van der Waals surface area contributed by atoms with Crippen molar-refractivity contribution in [3.8, 4) is 0 Å². The molecule has 0 bridgehead atoms. The molecule has 0 fully saturated rings. The van der Waals surface area contributed by atoms with E-state index in [1.54, 1.807) is 0 Å². The number of rotatable bonds is 5. The lowest BCUT2D eigenvalue weighted by Crippen LogP contribution is -2.30. The molecule has 6 nitrogen and oxygen atoms in total. The number of carbonyl (C=O) groups is 1. The molecule has 1 atom stereocenters. The summed E-state index contributed by atoms with van der Waals surface area (Å²) in [7, 11) is 0. The number of hydrogen-bond acceptors (Lipinski definition) is 3. The fourth-order valence-electron chi connectivity index (χ4n) is 0.643. The van der Waals surface area contributed by atoms with Crippen LogP contribution in [0.15, 0.2) is 4.99 Å². The van der Waals surface area contributed by atoms with E-state index in [9.17, 15) is 4.79 Å². The van der Waals surface area contributed by atoms with E-state index in [4.69, 9.17) is 22.3 Å². The summed E-state index contributed by atoms with van der Waals surface area (Å²) in [5, 5.41) is 8.38. The molecule has 0 spiro atoms. The van der Waals surface area contributed by atoms with Gasteiger partial charge in [0.25, 0.3) is 0 Å². The predicted octanol–water partition coefficient (Wildman–Crippen LogP) is -1.55. The smallest absolute Gasteiger partial charge is 0.320 e. The monoisotopic (exact) mass is 177 g/mol. The molecule has 0 aliphatic heterocycles. The first-order valence-corrected chi connectivity index (χ1v) is 3.58. The van der Waals surface area contributed by atoms with E-state index in [0.717, 1.165) is 0 Å². The van der Waals surface area contributed by atoms with E-state index in [1.807, 2.05) is 0 Å². The number of carboxylic acids is 1. The van der Waals surface area contributed by atoms with Gasteiger partial charge in [0, 0.05) is 6.54 Å². The highest BCUT2D eigenvalue weighted by atomic mass is 16.4. The number of aliphatic carboxylic acids is 1. The number of carboxylic acid groups (broad SMARTS) is 1. The zero-order chi connectivity index (χ0) is 9.56. The van der Waals surface area contributed by atoms with Crippen LogP contribution >= 0.6 is 0 Å². The minimum atomic E-state index is -1.00. The molecule has 0 saturated carbocycles. The molecule has 0 saturated heterocycles. The van der Waals surface area contributed by atoms with E-state index in [-0.39, 0.29) is 5.96 Å². The molecular formula is C6H14N4O2. The van der Waals surface area contributed by atoms with E-state index in [2.05, 4.69) is 4.99 Å². The Kier molecular flexibility index (Phi) is 4.78. The standard InChI is InChI=1S/C6H14N4O2/c7-4(5(11)12)2-1-3-10-6(8)9/h4H,1-3,7H2,(H,11,12)(H4,8,9,10)/t4-/m0/s1/i8+1,9+1,10+1. The molecule has 0 radical (unpaired) electrons. The van der Waals surface area contributed by atoms with Crippen molar-refractivity contribution >= 4 is 11.9 Å². The van der Waals surface area contributed by atoms with Crippen LogP contribution in [0, 0.1) is 0 Å². The molecular weight excluding hydrogens is 163 g/mol. The third-order valence-corrected chi connectivity index (χ3v) is 1.28. The maximum atomic E-state index is 10.2. The minimum Gasteiger partial charge on any atom is -0.480 e. The van der Waals surface area contributed by atoms with Crippen molar-refractivity contribution < 1.29 is 9.90 Å². The highest BCUT2D eigenvalue weighted by Gasteiger charge is 2.09. The Morgan fingerprint density at radius 1 is 1.50 bits per heavy atom. The topological polar surface area (TPSA) is 128 Å². The molecule has 7 N–H and O–H groups in total. The SMILES string of the molecule is N[C@@H](CCC[15N]=C([15NH2])[15NH2])C(=O)O. The summed E-state index contributed by atoms with van der Waals surface area (Å²) >= 11 is 0. The van der Waals surface area contributed by atoms with E-state index in [0.29, 0.717) is 19.4 Å². The third kappa shape index (κ3) is 5.48. The zero-order valence-corrected chi connectivity index (χ0v) is 6.73. The van der Waals surface area contributed by atoms with Gasteiger partial charge >= 0.3 is 5.97 Å². The Morgan fingerprint density at radius 3 is 2.50 bits per heavy atom. The van der Waals surface area contributed by atoms with Crippen molar-refractivity contribution in [2.45, 2.75) is 18.9 Å². The van der Waals surface area contributed by atoms with Crippen LogP contribution in [0.25, 0.3) is 0 Å². The van der Waals surface area contributed by atoms with E-state index < -0.39 is 12.0 Å². The predicted molar refractivity (Wildman–Crippen MR) is 45.5 cm³/mol. The van der Waals surface area contributed by atoms with Crippen molar-refractivity contribution in [1.82, 2.24) is 0 Å². The van der Waals surface area contributed by atoms with Gasteiger partial charge < -0.3 is 22.3 Å². The fourth-order valence-corrected chi connectivity index (χ4v) is 0.643. The zero-order valence-electron chi connectivity index (χ0n) is 6.73. The molecule has 0 aromatic heterocycles. The first-order chi connectivity index (χ1) is 5.54. The molecule has 0 amide bonds. The average molecular weight is 177 g/mol. The number of hydrogen-bond donors (Lipinski definition) is 4. The van der Waals surface area contributed by atoms with Crippen LogP contribution in [0.4, 0.5) is 0 Å². The van der Waals surface area contributed by atoms with E-state index in [1.165, 1.54) is 0 Å². The van der Waals surface area contributed by atoms with Gasteiger partial charge in [-0.05, 0) is 12.8 Å². The summed E-state index contributed by atoms with van der Waals surface area (Å²) in [6, 6.07) is -0.820. The fraction of sp³-hybridized carbons (Fsp3) is 0.667. The van der Waals surface area contributed by atoms with Crippen LogP contribution in [0.5, 0.6) is 0 Å². The summed E-state index contributed by atoms with van der Waals surface area (Å²) < 4.78 is 0. The summed E-state index contributed by atoms with van der Waals surface area (Å²) in [6.07, 6.45) is 0.956. The maximum Gasteiger partial charge on any atom is 0.320 e. The van der Waals surface area contributed by atoms with Crippen molar-refractivity contribution in [1.29, 1.82) is 0 Å². The largest absolute Gasteiger partial charge is 0.480 e. The first kappa shape index (κ1) is 10.7. The van der Waals surface area contributed by atoms with Gasteiger partial charge in [0.05, 0.1) is 0 Å². The molecule has 70 valence electrons. The molecule has 6 heteroatoms. The highest BCUT2D eigenvalue weighted by Crippen LogP contribution is 1.94. The van der Waals surface area contributed by atoms with Gasteiger partial charge in [-0.25, -0.2) is 0 Å². The Labute approximate surface area is 70.4 Å². The molecule has 0 unspecified atom stereocenters. The van der Waals surface area contributed by atoms with Gasteiger partial charge in [-0.2, -0.15) is 0 Å². The summed E-state index contributed by atoms with van der Waals surface area (Å²) in [6.45, 7) is 0.420. The lowest BCUT2D eigenvalue weighted by atomic mass is 10.2. The third-order valence-electron chi connectivity index (χ3n) is 1.28. The van der Waals surface area contributed by atoms with Gasteiger partial charge in [-0.1, -0.05) is 0 Å². The van der Waals surface area contributed by atoms with E-state index >= 15 is 0 Å². The number of aliphatic imine (C=N–C) groups is 1. The van der Waals surface area contributed by atoms with Gasteiger partial charge in [0.15, 0.2) is 5.96 Å². The van der Waals surface area contributed by atoms with Crippen LogP contribution in [-0.4, -0.2) is 29.6 Å². The normalized spacial score (nSPS) is 12.1. The Morgan fingerprint density at radius 2 is 2.08 bits per heavy atom. The van der Waals surface area contributed by atoms with Crippen LogP contribution in [0.2, 0.25) is 0 Å². The molecule has 0 aromatic carbocycles. The quantitative estimate of drug-likeness (QED) is 0.175. The molecule has 12 heavy (non-hydrogen) atoms. The van der Waals surface area contributed by atoms with Crippen LogP contribution < -0.4 is 17.2 Å². The summed E-state index contributed by atoms with van der Waals surface area (Å²) in [5.41, 5.74) is 15.3. The summed E-state index contributed by atoms with van der Waals surface area (Å²) in [4.78, 5) is 13.9. The van der Waals surface area contributed by atoms with Gasteiger partial charge in [0.2, 0.25) is 0 Å². The number of nitrogens with two attached hydrogens (primary N) is 3. The minimum absolute atomic E-state index is 0.0129. The van der Waals surface area contributed by atoms with Gasteiger partial charge in [-0.3, -0.25) is 9.79 Å². The highest BCUT2D eigenvalue weighted by molar-refractivity contribution is 5.75. The van der Waals surface area contributed by atoms with Crippen LogP contribution in [-0.2, 0) is 4.79 Å². The lowest BCUT2D eigenvalue weighted by molar-refractivity contribution is -0.138. The second-order valence-corrected chi connectivity index (χ2v) is 2.39. The molecule has 0 rings (SSSR count). The average Bonchev–Trinajstić information content (AvgIpc) is 1.97. The maximum absolute atomic E-state index is 10.2. The first-order valence-electron chi connectivity index (χ1n) is 3.58. The Hall–Kier alpha value is -1.30. The molecule has 0 heterocycles. The van der Waals surface area contributed by atoms with Gasteiger partial charge in [0.1, 0.15) is 6.04 Å². The van der Waals surface area contributed by atoms with Crippen LogP contribution in [0.1, 0.15) is 12.8 Å². The van der Waals surface area contributed by atoms with Crippen molar-refractivity contribution in [3.05, 3.63) is 0 Å².